The number of amides is 1. The summed E-state index contributed by atoms with van der Waals surface area (Å²) in [6.07, 6.45) is -4.82. The van der Waals surface area contributed by atoms with Gasteiger partial charge >= 0.3 is 6.36 Å². The van der Waals surface area contributed by atoms with E-state index in [1.54, 1.807) is 36.4 Å². The Morgan fingerprint density at radius 1 is 0.811 bits per heavy atom. The molecule has 0 aliphatic carbocycles. The topological polar surface area (TPSA) is 85.3 Å². The Bertz CT molecular complexity index is 1610. The number of alkyl halides is 3. The molecule has 0 aliphatic rings. The first-order chi connectivity index (χ1) is 17.7. The zero-order valence-electron chi connectivity index (χ0n) is 19.0. The molecule has 0 spiro atoms. The molecule has 7 nitrogen and oxygen atoms in total. The highest BCUT2D eigenvalue weighted by Gasteiger charge is 2.31. The molecule has 186 valence electrons. The van der Waals surface area contributed by atoms with Gasteiger partial charge in [-0.3, -0.25) is 14.2 Å². The predicted molar refractivity (Wildman–Crippen MR) is 131 cm³/mol. The minimum Gasteiger partial charge on any atom is -0.457 e. The Morgan fingerprint density at radius 2 is 1.46 bits per heavy atom. The number of carbonyl (C=O) groups is 1. The van der Waals surface area contributed by atoms with E-state index in [1.165, 1.54) is 22.8 Å². The van der Waals surface area contributed by atoms with Crippen molar-refractivity contribution in [3.05, 3.63) is 113 Å². The Balaban J connectivity index is 1.36. The Hall–Kier alpha value is -4.99. The van der Waals surface area contributed by atoms with Gasteiger partial charge in [-0.2, -0.15) is 0 Å². The molecule has 5 aromatic rings. The highest BCUT2D eigenvalue weighted by Crippen LogP contribution is 2.26. The van der Waals surface area contributed by atoms with Crippen LogP contribution < -0.4 is 20.3 Å². The number of fused-ring (bicyclic) bond motifs is 1. The molecular weight excluding hydrogens is 487 g/mol. The van der Waals surface area contributed by atoms with Gasteiger partial charge in [0, 0.05) is 17.1 Å². The maximum atomic E-state index is 12.9. The van der Waals surface area contributed by atoms with Crippen molar-refractivity contribution in [2.45, 2.75) is 6.36 Å². The standard InChI is InChI=1S/C27H18F3N3O4/c28-27(29,30)37-22-13-9-19(10-14-22)33-24(34)15-6-17-16-23(32-25(17)33)26(35)31-18-7-11-21(12-8-18)36-20-4-2-1-3-5-20/h1-16,32H,(H,31,35). The highest BCUT2D eigenvalue weighted by molar-refractivity contribution is 6.05. The van der Waals surface area contributed by atoms with Crippen molar-refractivity contribution in [2.75, 3.05) is 5.32 Å². The average Bonchev–Trinajstić information content (AvgIpc) is 3.30. The largest absolute Gasteiger partial charge is 0.573 e. The Labute approximate surface area is 207 Å². The molecular formula is C27H18F3N3O4. The van der Waals surface area contributed by atoms with Crippen LogP contribution in [0, 0.1) is 0 Å². The van der Waals surface area contributed by atoms with Crippen LogP contribution in [0.1, 0.15) is 10.5 Å². The Kier molecular flexibility index (Phi) is 6.14. The van der Waals surface area contributed by atoms with Crippen LogP contribution >= 0.6 is 0 Å². The summed E-state index contributed by atoms with van der Waals surface area (Å²) in [6.45, 7) is 0. The molecule has 2 aromatic heterocycles. The summed E-state index contributed by atoms with van der Waals surface area (Å²) in [7, 11) is 0. The van der Waals surface area contributed by atoms with Crippen molar-refractivity contribution < 1.29 is 27.4 Å². The number of anilines is 1. The molecule has 2 heterocycles. The summed E-state index contributed by atoms with van der Waals surface area (Å²) in [6, 6.07) is 25.4. The predicted octanol–water partition coefficient (Wildman–Crippen LogP) is 6.26. The zero-order chi connectivity index (χ0) is 26.0. The van der Waals surface area contributed by atoms with Crippen LogP contribution in [-0.2, 0) is 0 Å². The number of hydrogen-bond donors (Lipinski definition) is 2. The van der Waals surface area contributed by atoms with Gasteiger partial charge in [-0.15, -0.1) is 13.2 Å². The second kappa shape index (κ2) is 9.57. The van der Waals surface area contributed by atoms with Gasteiger partial charge in [0.2, 0.25) is 0 Å². The first-order valence-electron chi connectivity index (χ1n) is 11.0. The number of H-pyrrole nitrogens is 1. The van der Waals surface area contributed by atoms with Crippen LogP contribution in [0.3, 0.4) is 0 Å². The number of pyridine rings is 1. The number of benzene rings is 3. The van der Waals surface area contributed by atoms with Crippen molar-refractivity contribution in [2.24, 2.45) is 0 Å². The van der Waals surface area contributed by atoms with Gasteiger partial charge in [0.15, 0.2) is 0 Å². The highest BCUT2D eigenvalue weighted by atomic mass is 19.4. The lowest BCUT2D eigenvalue weighted by atomic mass is 10.2. The second-order valence-corrected chi connectivity index (χ2v) is 7.93. The van der Waals surface area contributed by atoms with Crippen LogP contribution in [0.5, 0.6) is 17.2 Å². The minimum absolute atomic E-state index is 0.191. The number of aromatic nitrogens is 2. The van der Waals surface area contributed by atoms with E-state index in [2.05, 4.69) is 15.0 Å². The molecule has 1 amide bonds. The summed E-state index contributed by atoms with van der Waals surface area (Å²) in [4.78, 5) is 28.4. The smallest absolute Gasteiger partial charge is 0.457 e. The maximum absolute atomic E-state index is 12.9. The van der Waals surface area contributed by atoms with Gasteiger partial charge in [-0.1, -0.05) is 18.2 Å². The van der Waals surface area contributed by atoms with Crippen molar-refractivity contribution in [3.8, 4) is 22.9 Å². The summed E-state index contributed by atoms with van der Waals surface area (Å²) in [5.74, 6) is 0.431. The van der Waals surface area contributed by atoms with Crippen LogP contribution in [0.25, 0.3) is 16.7 Å². The molecule has 0 atom stereocenters. The third-order valence-corrected chi connectivity index (χ3v) is 5.34. The van der Waals surface area contributed by atoms with E-state index in [-0.39, 0.29) is 5.69 Å². The van der Waals surface area contributed by atoms with Crippen molar-refractivity contribution >= 4 is 22.6 Å². The van der Waals surface area contributed by atoms with Gasteiger partial charge in [0.25, 0.3) is 11.5 Å². The number of ether oxygens (including phenoxy) is 2. The average molecular weight is 505 g/mol. The maximum Gasteiger partial charge on any atom is 0.573 e. The van der Waals surface area contributed by atoms with Gasteiger partial charge in [0.1, 0.15) is 28.6 Å². The third kappa shape index (κ3) is 5.48. The lowest BCUT2D eigenvalue weighted by molar-refractivity contribution is -0.274. The molecule has 0 unspecified atom stereocenters. The monoisotopic (exact) mass is 505 g/mol. The van der Waals surface area contributed by atoms with E-state index in [0.717, 1.165) is 12.1 Å². The van der Waals surface area contributed by atoms with Crippen molar-refractivity contribution in [3.63, 3.8) is 0 Å². The first-order valence-corrected chi connectivity index (χ1v) is 11.0. The van der Waals surface area contributed by atoms with Crippen LogP contribution in [0.2, 0.25) is 0 Å². The first kappa shape index (κ1) is 23.7. The number of nitrogens with one attached hydrogen (secondary N) is 2. The summed E-state index contributed by atoms with van der Waals surface area (Å²) in [5, 5.41) is 3.34. The minimum atomic E-state index is -4.82. The van der Waals surface area contributed by atoms with E-state index in [0.29, 0.717) is 33.9 Å². The van der Waals surface area contributed by atoms with E-state index < -0.39 is 23.6 Å². The van der Waals surface area contributed by atoms with Gasteiger partial charge in [-0.05, 0) is 72.8 Å². The lowest BCUT2D eigenvalue weighted by Gasteiger charge is -2.11. The number of carbonyl (C=O) groups excluding carboxylic acids is 1. The number of halogens is 3. The van der Waals surface area contributed by atoms with Gasteiger partial charge in [-0.25, -0.2) is 0 Å². The molecule has 0 fully saturated rings. The Morgan fingerprint density at radius 3 is 2.14 bits per heavy atom. The van der Waals surface area contributed by atoms with Crippen LogP contribution in [0.15, 0.2) is 102 Å². The molecule has 0 saturated carbocycles. The van der Waals surface area contributed by atoms with E-state index in [9.17, 15) is 22.8 Å². The number of hydrogen-bond acceptors (Lipinski definition) is 4. The number of nitrogens with zero attached hydrogens (tertiary/aromatic N) is 1. The molecule has 0 bridgehead atoms. The van der Waals surface area contributed by atoms with Crippen molar-refractivity contribution in [1.82, 2.24) is 9.55 Å². The second-order valence-electron chi connectivity index (χ2n) is 7.93. The van der Waals surface area contributed by atoms with Gasteiger partial charge < -0.3 is 19.8 Å². The number of para-hydroxylation sites is 1. The fraction of sp³-hybridized carbons (Fsp3) is 0.0370. The molecule has 10 heteroatoms. The molecule has 0 radical (unpaired) electrons. The van der Waals surface area contributed by atoms with Crippen molar-refractivity contribution in [1.29, 1.82) is 0 Å². The number of aromatic amines is 1. The number of rotatable bonds is 6. The van der Waals surface area contributed by atoms with E-state index in [4.69, 9.17) is 4.74 Å². The molecule has 5 rings (SSSR count). The normalized spacial score (nSPS) is 11.3. The SMILES string of the molecule is O=C(Nc1ccc(Oc2ccccc2)cc1)c1cc2ccc(=O)n(-c3ccc(OC(F)(F)F)cc3)c2[nH]1. The summed E-state index contributed by atoms with van der Waals surface area (Å²) < 4.78 is 48.3. The van der Waals surface area contributed by atoms with Gasteiger partial charge in [0.05, 0.1) is 5.69 Å². The van der Waals surface area contributed by atoms with E-state index in [1.807, 2.05) is 30.3 Å². The summed E-state index contributed by atoms with van der Waals surface area (Å²) in [5.41, 5.74) is 0.902. The third-order valence-electron chi connectivity index (χ3n) is 5.34. The van der Waals surface area contributed by atoms with Crippen LogP contribution in [-0.4, -0.2) is 21.8 Å². The molecule has 0 saturated heterocycles. The molecule has 2 N–H and O–H groups in total. The molecule has 37 heavy (non-hydrogen) atoms. The fourth-order valence-electron chi connectivity index (χ4n) is 3.72. The fourth-order valence-corrected chi connectivity index (χ4v) is 3.72. The zero-order valence-corrected chi connectivity index (χ0v) is 19.0. The quantitative estimate of drug-likeness (QED) is 0.285. The lowest BCUT2D eigenvalue weighted by Crippen LogP contribution is -2.19. The molecule has 3 aromatic carbocycles. The summed E-state index contributed by atoms with van der Waals surface area (Å²) >= 11 is 0. The van der Waals surface area contributed by atoms with Crippen LogP contribution in [0.4, 0.5) is 18.9 Å². The van der Waals surface area contributed by atoms with E-state index >= 15 is 0 Å². The molecule has 0 aliphatic heterocycles.